The van der Waals surface area contributed by atoms with E-state index >= 15 is 0 Å². The van der Waals surface area contributed by atoms with Crippen LogP contribution in [0.2, 0.25) is 0 Å². The Labute approximate surface area is 95.3 Å². The van der Waals surface area contributed by atoms with E-state index in [1.165, 1.54) is 0 Å². The summed E-state index contributed by atoms with van der Waals surface area (Å²) >= 11 is 0. The SMILES string of the molecule is CCCOc1ccc(C(N)=O)cc1OCC. The maximum Gasteiger partial charge on any atom is 0.248 e. The molecule has 0 saturated carbocycles. The van der Waals surface area contributed by atoms with Crippen LogP contribution in [0, 0.1) is 0 Å². The molecule has 0 aliphatic rings. The van der Waals surface area contributed by atoms with E-state index in [1.54, 1.807) is 18.2 Å². The van der Waals surface area contributed by atoms with Crippen molar-refractivity contribution in [2.75, 3.05) is 13.2 Å². The van der Waals surface area contributed by atoms with Crippen LogP contribution >= 0.6 is 0 Å². The summed E-state index contributed by atoms with van der Waals surface area (Å²) in [6.07, 6.45) is 0.920. The van der Waals surface area contributed by atoms with Gasteiger partial charge in [0.1, 0.15) is 0 Å². The molecule has 1 amide bonds. The number of carbonyl (C=O) groups is 1. The second kappa shape index (κ2) is 6.00. The summed E-state index contributed by atoms with van der Waals surface area (Å²) in [4.78, 5) is 11.0. The molecule has 2 N–H and O–H groups in total. The minimum absolute atomic E-state index is 0.423. The van der Waals surface area contributed by atoms with E-state index in [9.17, 15) is 4.79 Å². The van der Waals surface area contributed by atoms with Crippen molar-refractivity contribution in [3.8, 4) is 11.5 Å². The van der Waals surface area contributed by atoms with Gasteiger partial charge in [-0.2, -0.15) is 0 Å². The fourth-order valence-electron chi connectivity index (χ4n) is 1.26. The van der Waals surface area contributed by atoms with Gasteiger partial charge in [0.25, 0.3) is 0 Å². The Balaban J connectivity index is 2.94. The average Bonchev–Trinajstić information content (AvgIpc) is 2.27. The highest BCUT2D eigenvalue weighted by molar-refractivity contribution is 5.93. The Hall–Kier alpha value is -1.71. The first-order valence-electron chi connectivity index (χ1n) is 5.38. The molecule has 0 bridgehead atoms. The van der Waals surface area contributed by atoms with Gasteiger partial charge < -0.3 is 15.2 Å². The highest BCUT2D eigenvalue weighted by Gasteiger charge is 2.08. The van der Waals surface area contributed by atoms with Crippen LogP contribution in [0.5, 0.6) is 11.5 Å². The molecule has 88 valence electrons. The third kappa shape index (κ3) is 3.15. The molecule has 1 aromatic rings. The lowest BCUT2D eigenvalue weighted by Crippen LogP contribution is -2.11. The Kier molecular flexibility index (Phi) is 4.64. The molecule has 0 aliphatic heterocycles. The predicted molar refractivity (Wildman–Crippen MR) is 61.9 cm³/mol. The van der Waals surface area contributed by atoms with Gasteiger partial charge in [-0.15, -0.1) is 0 Å². The molecule has 0 saturated heterocycles. The first-order chi connectivity index (χ1) is 7.69. The van der Waals surface area contributed by atoms with Gasteiger partial charge in [0, 0.05) is 5.56 Å². The highest BCUT2D eigenvalue weighted by atomic mass is 16.5. The Morgan fingerprint density at radius 1 is 1.25 bits per heavy atom. The van der Waals surface area contributed by atoms with Crippen molar-refractivity contribution >= 4 is 5.91 Å². The number of amides is 1. The van der Waals surface area contributed by atoms with Gasteiger partial charge >= 0.3 is 0 Å². The molecule has 0 radical (unpaired) electrons. The first kappa shape index (κ1) is 12.4. The summed E-state index contributed by atoms with van der Waals surface area (Å²) in [5, 5.41) is 0. The molecule has 0 spiro atoms. The molecule has 0 atom stereocenters. The zero-order chi connectivity index (χ0) is 12.0. The van der Waals surface area contributed by atoms with E-state index in [-0.39, 0.29) is 0 Å². The van der Waals surface area contributed by atoms with Crippen LogP contribution in [0.25, 0.3) is 0 Å². The molecule has 4 nitrogen and oxygen atoms in total. The summed E-state index contributed by atoms with van der Waals surface area (Å²) in [5.41, 5.74) is 5.62. The van der Waals surface area contributed by atoms with Crippen LogP contribution in [-0.4, -0.2) is 19.1 Å². The van der Waals surface area contributed by atoms with Crippen molar-refractivity contribution in [2.24, 2.45) is 5.73 Å². The Morgan fingerprint density at radius 2 is 2.00 bits per heavy atom. The summed E-state index contributed by atoms with van der Waals surface area (Å²) in [6, 6.07) is 4.95. The fourth-order valence-corrected chi connectivity index (χ4v) is 1.26. The molecule has 16 heavy (non-hydrogen) atoms. The lowest BCUT2D eigenvalue weighted by molar-refractivity contribution is 0.0999. The largest absolute Gasteiger partial charge is 0.490 e. The highest BCUT2D eigenvalue weighted by Crippen LogP contribution is 2.28. The second-order valence-electron chi connectivity index (χ2n) is 3.31. The third-order valence-electron chi connectivity index (χ3n) is 1.99. The molecule has 4 heteroatoms. The van der Waals surface area contributed by atoms with Crippen LogP contribution in [0.3, 0.4) is 0 Å². The van der Waals surface area contributed by atoms with Crippen molar-refractivity contribution in [2.45, 2.75) is 20.3 Å². The molecule has 0 fully saturated rings. The van der Waals surface area contributed by atoms with Gasteiger partial charge in [-0.25, -0.2) is 0 Å². The number of nitrogens with two attached hydrogens (primary N) is 1. The van der Waals surface area contributed by atoms with E-state index in [1.807, 2.05) is 13.8 Å². The number of ether oxygens (including phenoxy) is 2. The first-order valence-corrected chi connectivity index (χ1v) is 5.38. The van der Waals surface area contributed by atoms with Gasteiger partial charge in [-0.05, 0) is 31.5 Å². The predicted octanol–water partition coefficient (Wildman–Crippen LogP) is 1.97. The van der Waals surface area contributed by atoms with Crippen molar-refractivity contribution < 1.29 is 14.3 Å². The molecule has 1 rings (SSSR count). The van der Waals surface area contributed by atoms with E-state index in [4.69, 9.17) is 15.2 Å². The minimum atomic E-state index is -0.469. The Bertz CT molecular complexity index is 363. The van der Waals surface area contributed by atoms with Crippen LogP contribution in [0.15, 0.2) is 18.2 Å². The fraction of sp³-hybridized carbons (Fsp3) is 0.417. The average molecular weight is 223 g/mol. The smallest absolute Gasteiger partial charge is 0.248 e. The van der Waals surface area contributed by atoms with E-state index in [2.05, 4.69) is 0 Å². The zero-order valence-electron chi connectivity index (χ0n) is 9.66. The number of rotatable bonds is 6. The van der Waals surface area contributed by atoms with Crippen molar-refractivity contribution in [3.63, 3.8) is 0 Å². The van der Waals surface area contributed by atoms with Crippen LogP contribution in [-0.2, 0) is 0 Å². The molecular weight excluding hydrogens is 206 g/mol. The van der Waals surface area contributed by atoms with E-state index in [0.29, 0.717) is 30.3 Å². The zero-order valence-corrected chi connectivity index (χ0v) is 9.66. The summed E-state index contributed by atoms with van der Waals surface area (Å²) < 4.78 is 10.9. The standard InChI is InChI=1S/C12H17NO3/c1-3-7-16-10-6-5-9(12(13)14)8-11(10)15-4-2/h5-6,8H,3-4,7H2,1-2H3,(H2,13,14). The number of benzene rings is 1. The summed E-state index contributed by atoms with van der Waals surface area (Å²) in [6.45, 7) is 5.04. The van der Waals surface area contributed by atoms with Gasteiger partial charge in [0.05, 0.1) is 13.2 Å². The third-order valence-corrected chi connectivity index (χ3v) is 1.99. The normalized spacial score (nSPS) is 9.88. The summed E-state index contributed by atoms with van der Waals surface area (Å²) in [5.74, 6) is 0.740. The summed E-state index contributed by atoms with van der Waals surface area (Å²) in [7, 11) is 0. The lowest BCUT2D eigenvalue weighted by Gasteiger charge is -2.11. The maximum absolute atomic E-state index is 11.0. The lowest BCUT2D eigenvalue weighted by atomic mass is 10.2. The quantitative estimate of drug-likeness (QED) is 0.802. The van der Waals surface area contributed by atoms with Gasteiger partial charge in [0.2, 0.25) is 5.91 Å². The van der Waals surface area contributed by atoms with Crippen LogP contribution in [0.1, 0.15) is 30.6 Å². The van der Waals surface area contributed by atoms with Crippen molar-refractivity contribution in [1.82, 2.24) is 0 Å². The van der Waals surface area contributed by atoms with Gasteiger partial charge in [0.15, 0.2) is 11.5 Å². The molecule has 0 unspecified atom stereocenters. The van der Waals surface area contributed by atoms with Crippen molar-refractivity contribution in [3.05, 3.63) is 23.8 Å². The maximum atomic E-state index is 11.0. The second-order valence-corrected chi connectivity index (χ2v) is 3.31. The number of hydrogen-bond donors (Lipinski definition) is 1. The molecular formula is C12H17NO3. The molecule has 1 aromatic carbocycles. The Morgan fingerprint density at radius 3 is 2.56 bits per heavy atom. The van der Waals surface area contributed by atoms with Crippen LogP contribution < -0.4 is 15.2 Å². The van der Waals surface area contributed by atoms with Crippen molar-refractivity contribution in [1.29, 1.82) is 0 Å². The molecule has 0 heterocycles. The molecule has 0 aliphatic carbocycles. The van der Waals surface area contributed by atoms with Crippen LogP contribution in [0.4, 0.5) is 0 Å². The van der Waals surface area contributed by atoms with Gasteiger partial charge in [-0.1, -0.05) is 6.92 Å². The topological polar surface area (TPSA) is 61.5 Å². The van der Waals surface area contributed by atoms with E-state index < -0.39 is 5.91 Å². The molecule has 0 aromatic heterocycles. The van der Waals surface area contributed by atoms with Gasteiger partial charge in [-0.3, -0.25) is 4.79 Å². The monoisotopic (exact) mass is 223 g/mol. The number of primary amides is 1. The number of carbonyl (C=O) groups excluding carboxylic acids is 1. The van der Waals surface area contributed by atoms with E-state index in [0.717, 1.165) is 6.42 Å². The number of hydrogen-bond acceptors (Lipinski definition) is 3. The minimum Gasteiger partial charge on any atom is -0.490 e.